The van der Waals surface area contributed by atoms with Crippen molar-refractivity contribution >= 4 is 33.0 Å². The molecule has 0 saturated carbocycles. The predicted octanol–water partition coefficient (Wildman–Crippen LogP) is 2.71. The monoisotopic (exact) mass is 463 g/mol. The average Bonchev–Trinajstić information content (AvgIpc) is 2.94. The summed E-state index contributed by atoms with van der Waals surface area (Å²) in [6.07, 6.45) is 1.91. The number of nitrogens with zero attached hydrogens (tertiary/aromatic N) is 2. The van der Waals surface area contributed by atoms with E-state index in [0.29, 0.717) is 0 Å². The summed E-state index contributed by atoms with van der Waals surface area (Å²) in [6, 6.07) is 16.6. The number of halogens is 2. The van der Waals surface area contributed by atoms with E-state index in [4.69, 9.17) is 4.99 Å². The third-order valence-corrected chi connectivity index (χ3v) is 4.90. The van der Waals surface area contributed by atoms with Gasteiger partial charge in [-0.05, 0) is 36.8 Å². The zero-order valence-electron chi connectivity index (χ0n) is 13.2. The Kier molecular flexibility index (Phi) is 6.78. The summed E-state index contributed by atoms with van der Waals surface area (Å²) in [6.45, 7) is 6.70. The molecule has 0 bridgehead atoms. The van der Waals surface area contributed by atoms with E-state index in [1.165, 1.54) is 11.1 Å². The van der Waals surface area contributed by atoms with Crippen LogP contribution >= 0.6 is 27.3 Å². The van der Waals surface area contributed by atoms with Crippen LogP contribution in [0, 0.1) is 6.92 Å². The van der Waals surface area contributed by atoms with Crippen LogP contribution in [-0.2, 0) is 6.54 Å². The smallest absolute Gasteiger partial charge is 0.190 e. The second kappa shape index (κ2) is 8.60. The number of rotatable bonds is 4. The van der Waals surface area contributed by atoms with Crippen molar-refractivity contribution in [1.29, 1.82) is 0 Å². The van der Waals surface area contributed by atoms with E-state index in [-0.39, 0.29) is 17.0 Å². The largest absolute Gasteiger partial charge is 1.00 e. The number of allylic oxidation sites excluding steroid dienone is 1. The van der Waals surface area contributed by atoms with E-state index in [1.807, 2.05) is 18.2 Å². The fourth-order valence-electron chi connectivity index (χ4n) is 2.31. The van der Waals surface area contributed by atoms with Gasteiger partial charge in [-0.15, -0.1) is 17.9 Å². The van der Waals surface area contributed by atoms with Crippen LogP contribution in [0.1, 0.15) is 5.56 Å². The van der Waals surface area contributed by atoms with Crippen molar-refractivity contribution in [2.45, 2.75) is 13.5 Å². The third-order valence-electron chi connectivity index (χ3n) is 3.51. The van der Waals surface area contributed by atoms with Crippen molar-refractivity contribution in [2.75, 3.05) is 0 Å². The van der Waals surface area contributed by atoms with Crippen LogP contribution in [0.25, 0.3) is 11.3 Å². The zero-order valence-corrected chi connectivity index (χ0v) is 17.2. The molecule has 0 aliphatic heterocycles. The summed E-state index contributed by atoms with van der Waals surface area (Å²) in [5.74, 6) is 0. The number of aromatic nitrogens is 1. The van der Waals surface area contributed by atoms with E-state index in [2.05, 4.69) is 75.8 Å². The van der Waals surface area contributed by atoms with Crippen molar-refractivity contribution in [3.8, 4) is 11.3 Å². The van der Waals surface area contributed by atoms with Gasteiger partial charge in [-0.3, -0.25) is 0 Å². The Morgan fingerprint density at radius 2 is 1.79 bits per heavy atom. The average molecular weight is 465 g/mol. The summed E-state index contributed by atoms with van der Waals surface area (Å²) in [4.78, 5) is 5.77. The normalized spacial score (nSPS) is 11.2. The van der Waals surface area contributed by atoms with Gasteiger partial charge in [0.2, 0.25) is 0 Å². The van der Waals surface area contributed by atoms with Crippen LogP contribution in [-0.4, -0.2) is 4.57 Å². The molecule has 0 fully saturated rings. The molecule has 0 N–H and O–H groups in total. The third kappa shape index (κ3) is 4.35. The van der Waals surface area contributed by atoms with E-state index >= 15 is 0 Å². The summed E-state index contributed by atoms with van der Waals surface area (Å²) < 4.78 is 3.28. The van der Waals surface area contributed by atoms with Crippen LogP contribution in [0.3, 0.4) is 0 Å². The van der Waals surface area contributed by atoms with Crippen molar-refractivity contribution in [3.05, 3.63) is 81.4 Å². The lowest BCUT2D eigenvalue weighted by atomic mass is 10.2. The highest BCUT2D eigenvalue weighted by Gasteiger charge is 2.07. The Hall–Kier alpha value is -1.43. The minimum absolute atomic E-state index is 0. The number of benzene rings is 2. The molecule has 2 nitrogen and oxygen atoms in total. The fraction of sp³-hybridized carbons (Fsp3) is 0.105. The molecule has 0 amide bonds. The Bertz CT molecular complexity index is 875. The van der Waals surface area contributed by atoms with E-state index in [1.54, 1.807) is 11.3 Å². The molecular weight excluding hydrogens is 448 g/mol. The molecule has 0 aliphatic rings. The molecule has 0 saturated heterocycles. The Balaban J connectivity index is 0.00000208. The van der Waals surface area contributed by atoms with Crippen LogP contribution < -0.4 is 21.8 Å². The van der Waals surface area contributed by atoms with Gasteiger partial charge >= 0.3 is 0 Å². The first-order chi connectivity index (χ1) is 11.2. The zero-order chi connectivity index (χ0) is 16.2. The van der Waals surface area contributed by atoms with Gasteiger partial charge in [-0.1, -0.05) is 51.8 Å². The highest BCUT2D eigenvalue weighted by molar-refractivity contribution is 9.10. The number of aryl methyl sites for hydroxylation is 1. The maximum Gasteiger partial charge on any atom is 0.190 e. The van der Waals surface area contributed by atoms with E-state index in [9.17, 15) is 0 Å². The first-order valence-corrected chi connectivity index (χ1v) is 9.01. The van der Waals surface area contributed by atoms with Crippen molar-refractivity contribution < 1.29 is 17.0 Å². The molecular formula is C19H17Br2N2S-. The van der Waals surface area contributed by atoms with Gasteiger partial charge in [0, 0.05) is 16.4 Å². The van der Waals surface area contributed by atoms with Crippen molar-refractivity contribution in [1.82, 2.24) is 4.57 Å². The van der Waals surface area contributed by atoms with Crippen LogP contribution in [0.5, 0.6) is 0 Å². The van der Waals surface area contributed by atoms with Gasteiger partial charge < -0.3 is 21.5 Å². The van der Waals surface area contributed by atoms with Crippen LogP contribution in [0.4, 0.5) is 5.69 Å². The minimum Gasteiger partial charge on any atom is -1.00 e. The lowest BCUT2D eigenvalue weighted by Gasteiger charge is -2.06. The molecule has 1 aromatic heterocycles. The van der Waals surface area contributed by atoms with Gasteiger partial charge in [0.05, 0.1) is 11.4 Å². The molecule has 0 unspecified atom stereocenters. The molecule has 0 radical (unpaired) electrons. The van der Waals surface area contributed by atoms with E-state index in [0.717, 1.165) is 27.2 Å². The van der Waals surface area contributed by atoms with Gasteiger partial charge in [-0.2, -0.15) is 0 Å². The quantitative estimate of drug-likeness (QED) is 0.528. The molecule has 0 spiro atoms. The van der Waals surface area contributed by atoms with Gasteiger partial charge in [-0.25, -0.2) is 4.99 Å². The molecule has 1 heterocycles. The summed E-state index contributed by atoms with van der Waals surface area (Å²) >= 11 is 5.13. The first kappa shape index (κ1) is 18.9. The second-order valence-electron chi connectivity index (χ2n) is 5.26. The van der Waals surface area contributed by atoms with Crippen LogP contribution in [0.15, 0.2) is 76.0 Å². The molecule has 0 atom stereocenters. The Morgan fingerprint density at radius 1 is 1.12 bits per heavy atom. The molecule has 3 rings (SSSR count). The lowest BCUT2D eigenvalue weighted by molar-refractivity contribution is -0.00000451. The molecule has 3 aromatic rings. The molecule has 2 aromatic carbocycles. The first-order valence-electron chi connectivity index (χ1n) is 7.34. The summed E-state index contributed by atoms with van der Waals surface area (Å²) in [5, 5.41) is 2.15. The Morgan fingerprint density at radius 3 is 2.42 bits per heavy atom. The topological polar surface area (TPSA) is 17.3 Å². The van der Waals surface area contributed by atoms with Gasteiger partial charge in [0.25, 0.3) is 0 Å². The summed E-state index contributed by atoms with van der Waals surface area (Å²) in [5.41, 5.74) is 4.55. The van der Waals surface area contributed by atoms with Gasteiger partial charge in [0.1, 0.15) is 0 Å². The van der Waals surface area contributed by atoms with Crippen molar-refractivity contribution in [3.63, 3.8) is 0 Å². The second-order valence-corrected chi connectivity index (χ2v) is 7.01. The predicted molar refractivity (Wildman–Crippen MR) is 102 cm³/mol. The SMILES string of the molecule is C=CCn1c(-c2ccc(Br)cc2)csc1=Nc1ccc(C)cc1.[Br-]. The van der Waals surface area contributed by atoms with E-state index < -0.39 is 0 Å². The molecule has 24 heavy (non-hydrogen) atoms. The van der Waals surface area contributed by atoms with Gasteiger partial charge in [0.15, 0.2) is 4.80 Å². The van der Waals surface area contributed by atoms with Crippen LogP contribution in [0.2, 0.25) is 0 Å². The standard InChI is InChI=1S/C19H17BrN2S.BrH/c1-3-12-22-18(15-6-8-16(20)9-7-15)13-23-19(22)21-17-10-4-14(2)5-11-17;/h3-11,13H,1,12H2,2H3;1H/p-1. The lowest BCUT2D eigenvalue weighted by Crippen LogP contribution is -3.00. The minimum atomic E-state index is 0. The summed E-state index contributed by atoms with van der Waals surface area (Å²) in [7, 11) is 0. The molecule has 124 valence electrons. The number of thiazole rings is 1. The maximum absolute atomic E-state index is 4.79. The molecule has 5 heteroatoms. The Labute approximate surface area is 165 Å². The number of hydrogen-bond donors (Lipinski definition) is 0. The van der Waals surface area contributed by atoms with Crippen molar-refractivity contribution in [2.24, 2.45) is 4.99 Å². The highest BCUT2D eigenvalue weighted by Crippen LogP contribution is 2.23. The maximum atomic E-state index is 4.79. The fourth-order valence-corrected chi connectivity index (χ4v) is 3.51. The highest BCUT2D eigenvalue weighted by atomic mass is 79.9. The number of hydrogen-bond acceptors (Lipinski definition) is 2. The molecule has 0 aliphatic carbocycles.